The molecule has 1 aliphatic carbocycles. The number of piperidine rings is 1. The van der Waals surface area contributed by atoms with E-state index in [0.717, 1.165) is 23.6 Å². The molecule has 2 rings (SSSR count). The van der Waals surface area contributed by atoms with E-state index in [0.29, 0.717) is 0 Å². The van der Waals surface area contributed by atoms with Crippen molar-refractivity contribution >= 4 is 12.6 Å². The Hall–Kier alpha value is 0.310. The maximum Gasteiger partial charge on any atom is 0.0124 e. The summed E-state index contributed by atoms with van der Waals surface area (Å²) < 4.78 is 0. The third-order valence-corrected chi connectivity index (χ3v) is 5.20. The van der Waals surface area contributed by atoms with Gasteiger partial charge in [-0.1, -0.05) is 26.2 Å². The predicted molar refractivity (Wildman–Crippen MR) is 74.2 cm³/mol. The molecule has 16 heavy (non-hydrogen) atoms. The SMILES string of the molecule is CCC(CS)CN1CCC[C@H]2CCCC[C@H]21. The highest BCUT2D eigenvalue weighted by Crippen LogP contribution is 2.35. The standard InChI is InChI=1S/C14H27NS/c1-2-12(11-16)10-15-9-5-7-13-6-3-4-8-14(13)15/h12-14,16H,2-11H2,1H3/t12?,13-,14-/m1/s1. The Kier molecular flexibility index (Phi) is 5.02. The first-order chi connectivity index (χ1) is 7.85. The minimum absolute atomic E-state index is 0.809. The molecule has 2 aliphatic rings. The third kappa shape index (κ3) is 2.95. The van der Waals surface area contributed by atoms with Crippen LogP contribution in [0.15, 0.2) is 0 Å². The Bertz CT molecular complexity index is 201. The maximum atomic E-state index is 4.49. The summed E-state index contributed by atoms with van der Waals surface area (Å²) in [5.74, 6) is 2.90. The highest BCUT2D eigenvalue weighted by atomic mass is 32.1. The van der Waals surface area contributed by atoms with Crippen LogP contribution in [0.4, 0.5) is 0 Å². The second-order valence-corrected chi connectivity index (χ2v) is 6.07. The van der Waals surface area contributed by atoms with Gasteiger partial charge < -0.3 is 0 Å². The van der Waals surface area contributed by atoms with E-state index in [1.807, 2.05) is 0 Å². The van der Waals surface area contributed by atoms with Crippen molar-refractivity contribution in [2.45, 2.75) is 57.9 Å². The van der Waals surface area contributed by atoms with Crippen LogP contribution in [0.1, 0.15) is 51.9 Å². The molecule has 2 heteroatoms. The van der Waals surface area contributed by atoms with Crippen molar-refractivity contribution in [1.29, 1.82) is 0 Å². The van der Waals surface area contributed by atoms with E-state index < -0.39 is 0 Å². The van der Waals surface area contributed by atoms with Gasteiger partial charge in [0, 0.05) is 12.6 Å². The largest absolute Gasteiger partial charge is 0.300 e. The van der Waals surface area contributed by atoms with E-state index in [1.54, 1.807) is 0 Å². The molecular formula is C14H27NS. The highest BCUT2D eigenvalue weighted by molar-refractivity contribution is 7.80. The van der Waals surface area contributed by atoms with Crippen molar-refractivity contribution in [3.05, 3.63) is 0 Å². The lowest BCUT2D eigenvalue weighted by atomic mass is 9.78. The van der Waals surface area contributed by atoms with Crippen molar-refractivity contribution in [1.82, 2.24) is 4.90 Å². The van der Waals surface area contributed by atoms with Gasteiger partial charge in [-0.05, 0) is 49.8 Å². The monoisotopic (exact) mass is 241 g/mol. The van der Waals surface area contributed by atoms with Crippen LogP contribution in [-0.4, -0.2) is 29.8 Å². The number of fused-ring (bicyclic) bond motifs is 1. The molecule has 1 saturated heterocycles. The number of thiol groups is 1. The Morgan fingerprint density at radius 1 is 1.19 bits per heavy atom. The molecule has 0 aromatic rings. The summed E-state index contributed by atoms with van der Waals surface area (Å²) in [6.07, 6.45) is 10.1. The van der Waals surface area contributed by atoms with Gasteiger partial charge in [0.15, 0.2) is 0 Å². The summed E-state index contributed by atoms with van der Waals surface area (Å²) in [5.41, 5.74) is 0. The van der Waals surface area contributed by atoms with Crippen molar-refractivity contribution in [2.24, 2.45) is 11.8 Å². The van der Waals surface area contributed by atoms with Gasteiger partial charge in [-0.3, -0.25) is 4.90 Å². The first kappa shape index (κ1) is 12.8. The zero-order chi connectivity index (χ0) is 11.4. The lowest BCUT2D eigenvalue weighted by molar-refractivity contribution is 0.0501. The van der Waals surface area contributed by atoms with E-state index in [9.17, 15) is 0 Å². The first-order valence-corrected chi connectivity index (χ1v) is 7.83. The van der Waals surface area contributed by atoms with E-state index in [-0.39, 0.29) is 0 Å². The van der Waals surface area contributed by atoms with E-state index in [1.165, 1.54) is 58.0 Å². The predicted octanol–water partition coefficient (Wildman–Crippen LogP) is 3.60. The molecular weight excluding hydrogens is 214 g/mol. The summed E-state index contributed by atoms with van der Waals surface area (Å²) in [5, 5.41) is 0. The fourth-order valence-corrected chi connectivity index (χ4v) is 3.98. The van der Waals surface area contributed by atoms with Gasteiger partial charge in [0.25, 0.3) is 0 Å². The fourth-order valence-electron chi connectivity index (χ4n) is 3.60. The summed E-state index contributed by atoms with van der Waals surface area (Å²) in [6.45, 7) is 4.97. The van der Waals surface area contributed by atoms with Gasteiger partial charge in [0.2, 0.25) is 0 Å². The van der Waals surface area contributed by atoms with E-state index in [4.69, 9.17) is 0 Å². The van der Waals surface area contributed by atoms with Crippen LogP contribution in [0, 0.1) is 11.8 Å². The second kappa shape index (κ2) is 6.30. The Morgan fingerprint density at radius 2 is 1.94 bits per heavy atom. The molecule has 0 aromatic heterocycles. The van der Waals surface area contributed by atoms with Gasteiger partial charge in [-0.15, -0.1) is 0 Å². The normalized spacial score (nSPS) is 33.4. The number of hydrogen-bond acceptors (Lipinski definition) is 2. The quantitative estimate of drug-likeness (QED) is 0.736. The Labute approximate surface area is 106 Å². The molecule has 0 aromatic carbocycles. The molecule has 1 unspecified atom stereocenters. The minimum atomic E-state index is 0.809. The minimum Gasteiger partial charge on any atom is -0.300 e. The lowest BCUT2D eigenvalue weighted by Gasteiger charge is -2.45. The number of hydrogen-bond donors (Lipinski definition) is 1. The second-order valence-electron chi connectivity index (χ2n) is 5.71. The summed E-state index contributed by atoms with van der Waals surface area (Å²) in [4.78, 5) is 2.80. The zero-order valence-electron chi connectivity index (χ0n) is 10.7. The average Bonchev–Trinajstić information content (AvgIpc) is 2.36. The van der Waals surface area contributed by atoms with Crippen molar-refractivity contribution in [2.75, 3.05) is 18.8 Å². The van der Waals surface area contributed by atoms with Crippen molar-refractivity contribution in [3.8, 4) is 0 Å². The van der Waals surface area contributed by atoms with Gasteiger partial charge in [0.1, 0.15) is 0 Å². The topological polar surface area (TPSA) is 3.24 Å². The van der Waals surface area contributed by atoms with Gasteiger partial charge >= 0.3 is 0 Å². The molecule has 1 nitrogen and oxygen atoms in total. The van der Waals surface area contributed by atoms with Crippen LogP contribution in [-0.2, 0) is 0 Å². The van der Waals surface area contributed by atoms with Crippen molar-refractivity contribution < 1.29 is 0 Å². The lowest BCUT2D eigenvalue weighted by Crippen LogP contribution is -2.48. The van der Waals surface area contributed by atoms with Crippen LogP contribution in [0.5, 0.6) is 0 Å². The van der Waals surface area contributed by atoms with E-state index in [2.05, 4.69) is 24.5 Å². The molecule has 1 saturated carbocycles. The van der Waals surface area contributed by atoms with Crippen LogP contribution >= 0.6 is 12.6 Å². The Balaban J connectivity index is 1.91. The molecule has 0 radical (unpaired) electrons. The number of likely N-dealkylation sites (tertiary alicyclic amines) is 1. The van der Waals surface area contributed by atoms with Crippen LogP contribution in [0.2, 0.25) is 0 Å². The highest BCUT2D eigenvalue weighted by Gasteiger charge is 2.33. The van der Waals surface area contributed by atoms with Crippen molar-refractivity contribution in [3.63, 3.8) is 0 Å². The number of nitrogens with zero attached hydrogens (tertiary/aromatic N) is 1. The maximum absolute atomic E-state index is 4.49. The summed E-state index contributed by atoms with van der Waals surface area (Å²) in [7, 11) is 0. The molecule has 0 amide bonds. The zero-order valence-corrected chi connectivity index (χ0v) is 11.6. The van der Waals surface area contributed by atoms with Gasteiger partial charge in [-0.2, -0.15) is 12.6 Å². The molecule has 0 spiro atoms. The summed E-state index contributed by atoms with van der Waals surface area (Å²) in [6, 6.07) is 0.927. The van der Waals surface area contributed by atoms with Gasteiger partial charge in [-0.25, -0.2) is 0 Å². The molecule has 1 heterocycles. The number of rotatable bonds is 4. The van der Waals surface area contributed by atoms with Crippen LogP contribution < -0.4 is 0 Å². The molecule has 3 atom stereocenters. The molecule has 1 aliphatic heterocycles. The summed E-state index contributed by atoms with van der Waals surface area (Å²) >= 11 is 4.49. The first-order valence-electron chi connectivity index (χ1n) is 7.20. The fraction of sp³-hybridized carbons (Fsp3) is 1.00. The Morgan fingerprint density at radius 3 is 2.69 bits per heavy atom. The van der Waals surface area contributed by atoms with Crippen LogP contribution in [0.3, 0.4) is 0 Å². The molecule has 94 valence electrons. The smallest absolute Gasteiger partial charge is 0.0124 e. The van der Waals surface area contributed by atoms with Crippen LogP contribution in [0.25, 0.3) is 0 Å². The van der Waals surface area contributed by atoms with E-state index >= 15 is 0 Å². The average molecular weight is 241 g/mol. The molecule has 0 N–H and O–H groups in total. The third-order valence-electron chi connectivity index (χ3n) is 4.69. The molecule has 0 bridgehead atoms. The molecule has 2 fully saturated rings. The van der Waals surface area contributed by atoms with Gasteiger partial charge in [0.05, 0.1) is 0 Å².